The second-order valence-corrected chi connectivity index (χ2v) is 8.90. The average molecular weight is 404 g/mol. The van der Waals surface area contributed by atoms with Crippen LogP contribution in [0.25, 0.3) is 0 Å². The van der Waals surface area contributed by atoms with E-state index in [0.29, 0.717) is 25.9 Å². The van der Waals surface area contributed by atoms with E-state index >= 15 is 0 Å². The lowest BCUT2D eigenvalue weighted by molar-refractivity contribution is -0.136. The summed E-state index contributed by atoms with van der Waals surface area (Å²) in [4.78, 5) is 29.6. The minimum atomic E-state index is -0.406. The Morgan fingerprint density at radius 1 is 1.24 bits per heavy atom. The highest BCUT2D eigenvalue weighted by Crippen LogP contribution is 2.32. The maximum absolute atomic E-state index is 13.0. The monoisotopic (exact) mass is 403 g/mol. The molecule has 160 valence electrons. The number of rotatable bonds is 7. The van der Waals surface area contributed by atoms with Gasteiger partial charge in [0.15, 0.2) is 0 Å². The molecule has 0 spiro atoms. The first-order valence-electron chi connectivity index (χ1n) is 11.0. The van der Waals surface area contributed by atoms with Crippen LogP contribution in [0.15, 0.2) is 16.5 Å². The summed E-state index contributed by atoms with van der Waals surface area (Å²) in [7, 11) is 0. The molecule has 0 aliphatic carbocycles. The molecule has 0 bridgehead atoms. The highest BCUT2D eigenvalue weighted by Gasteiger charge is 2.39. The lowest BCUT2D eigenvalue weighted by Crippen LogP contribution is -2.51. The summed E-state index contributed by atoms with van der Waals surface area (Å²) >= 11 is 0. The molecule has 7 nitrogen and oxygen atoms in total. The number of ether oxygens (including phenoxy) is 1. The lowest BCUT2D eigenvalue weighted by atomic mass is 9.79. The van der Waals surface area contributed by atoms with Gasteiger partial charge in [0, 0.05) is 38.1 Å². The molecule has 0 radical (unpaired) electrons. The Bertz CT molecular complexity index is 719. The molecule has 1 aromatic heterocycles. The summed E-state index contributed by atoms with van der Waals surface area (Å²) in [6.45, 7) is 7.75. The van der Waals surface area contributed by atoms with Gasteiger partial charge in [0.05, 0.1) is 6.54 Å². The molecule has 3 aliphatic heterocycles. The van der Waals surface area contributed by atoms with E-state index < -0.39 is 6.04 Å². The third kappa shape index (κ3) is 4.83. The van der Waals surface area contributed by atoms with Crippen LogP contribution in [0.3, 0.4) is 0 Å². The van der Waals surface area contributed by atoms with Crippen molar-refractivity contribution in [3.8, 4) is 0 Å². The van der Waals surface area contributed by atoms with E-state index in [4.69, 9.17) is 9.15 Å². The van der Waals surface area contributed by atoms with E-state index in [9.17, 15) is 9.59 Å². The summed E-state index contributed by atoms with van der Waals surface area (Å²) < 4.78 is 11.2. The van der Waals surface area contributed by atoms with Crippen molar-refractivity contribution in [2.45, 2.75) is 58.0 Å². The molecule has 3 aliphatic rings. The van der Waals surface area contributed by atoms with Crippen LogP contribution in [-0.2, 0) is 20.9 Å². The fourth-order valence-corrected chi connectivity index (χ4v) is 4.95. The predicted molar refractivity (Wildman–Crippen MR) is 108 cm³/mol. The largest absolute Gasteiger partial charge is 0.464 e. The van der Waals surface area contributed by atoms with Crippen molar-refractivity contribution in [2.75, 3.05) is 39.4 Å². The molecule has 29 heavy (non-hydrogen) atoms. The summed E-state index contributed by atoms with van der Waals surface area (Å²) in [6.07, 6.45) is 5.48. The van der Waals surface area contributed by atoms with Crippen LogP contribution < -0.4 is 5.32 Å². The van der Waals surface area contributed by atoms with Gasteiger partial charge in [-0.05, 0) is 64.3 Å². The Morgan fingerprint density at radius 3 is 2.69 bits per heavy atom. The van der Waals surface area contributed by atoms with Crippen molar-refractivity contribution in [3.05, 3.63) is 23.7 Å². The maximum atomic E-state index is 13.0. The molecular weight excluding hydrogens is 370 g/mol. The van der Waals surface area contributed by atoms with E-state index in [1.165, 1.54) is 12.8 Å². The van der Waals surface area contributed by atoms with Crippen LogP contribution in [0.5, 0.6) is 0 Å². The highest BCUT2D eigenvalue weighted by atomic mass is 16.5. The Labute approximate surface area is 172 Å². The fraction of sp³-hybridized carbons (Fsp3) is 0.727. The van der Waals surface area contributed by atoms with Gasteiger partial charge >= 0.3 is 0 Å². The zero-order valence-electron chi connectivity index (χ0n) is 17.5. The normalized spacial score (nSPS) is 24.9. The zero-order valence-corrected chi connectivity index (χ0v) is 17.5. The number of carbonyl (C=O) groups is 2. The van der Waals surface area contributed by atoms with Crippen molar-refractivity contribution in [1.82, 2.24) is 15.1 Å². The molecule has 1 unspecified atom stereocenters. The Hall–Kier alpha value is -1.86. The molecule has 4 heterocycles. The van der Waals surface area contributed by atoms with E-state index in [-0.39, 0.29) is 17.2 Å². The standard InChI is InChI=1S/C22H33N3O4/c1-17-4-5-18(29-17)14-25-19(6-7-20(25)26)21(27)23-15-22(8-12-28-13-9-22)16-24-10-2-3-11-24/h4-5,19H,2-3,6-16H2,1H3,(H,23,27). The number of nitrogens with zero attached hydrogens (tertiary/aromatic N) is 2. The summed E-state index contributed by atoms with van der Waals surface area (Å²) in [5.74, 6) is 1.53. The third-order valence-electron chi connectivity index (χ3n) is 6.70. The van der Waals surface area contributed by atoms with E-state index in [1.54, 1.807) is 4.90 Å². The van der Waals surface area contributed by atoms with Crippen LogP contribution in [0.1, 0.15) is 50.0 Å². The van der Waals surface area contributed by atoms with Crippen molar-refractivity contribution in [3.63, 3.8) is 0 Å². The zero-order chi connectivity index (χ0) is 20.3. The van der Waals surface area contributed by atoms with Crippen LogP contribution in [0, 0.1) is 12.3 Å². The number of aryl methyl sites for hydroxylation is 1. The fourth-order valence-electron chi connectivity index (χ4n) is 4.95. The van der Waals surface area contributed by atoms with Gasteiger partial charge in [0.1, 0.15) is 17.6 Å². The maximum Gasteiger partial charge on any atom is 0.242 e. The Kier molecular flexibility index (Phi) is 6.25. The van der Waals surface area contributed by atoms with Crippen LogP contribution in [0.2, 0.25) is 0 Å². The third-order valence-corrected chi connectivity index (χ3v) is 6.70. The molecule has 1 atom stereocenters. The van der Waals surface area contributed by atoms with Gasteiger partial charge in [0.2, 0.25) is 11.8 Å². The van der Waals surface area contributed by atoms with Gasteiger partial charge in [-0.3, -0.25) is 9.59 Å². The number of furan rings is 1. The molecule has 0 aromatic carbocycles. The first-order chi connectivity index (χ1) is 14.0. The molecule has 0 saturated carbocycles. The second-order valence-electron chi connectivity index (χ2n) is 8.90. The smallest absolute Gasteiger partial charge is 0.242 e. The number of hydrogen-bond acceptors (Lipinski definition) is 5. The van der Waals surface area contributed by atoms with Crippen molar-refractivity contribution in [1.29, 1.82) is 0 Å². The molecule has 3 saturated heterocycles. The van der Waals surface area contributed by atoms with Gasteiger partial charge in [-0.25, -0.2) is 0 Å². The van der Waals surface area contributed by atoms with Crippen molar-refractivity contribution in [2.24, 2.45) is 5.41 Å². The van der Waals surface area contributed by atoms with Gasteiger partial charge in [0.25, 0.3) is 0 Å². The molecule has 4 rings (SSSR count). The quantitative estimate of drug-likeness (QED) is 0.755. The topological polar surface area (TPSA) is 75.0 Å². The number of amides is 2. The van der Waals surface area contributed by atoms with Gasteiger partial charge in [-0.1, -0.05) is 0 Å². The number of likely N-dealkylation sites (tertiary alicyclic amines) is 2. The second kappa shape index (κ2) is 8.88. The molecule has 3 fully saturated rings. The van der Waals surface area contributed by atoms with E-state index in [0.717, 1.165) is 57.2 Å². The summed E-state index contributed by atoms with van der Waals surface area (Å²) in [5, 5.41) is 3.20. The predicted octanol–water partition coefficient (Wildman–Crippen LogP) is 2.09. The molecule has 1 aromatic rings. The molecule has 7 heteroatoms. The summed E-state index contributed by atoms with van der Waals surface area (Å²) in [6, 6.07) is 3.36. The van der Waals surface area contributed by atoms with Gasteiger partial charge in [-0.15, -0.1) is 0 Å². The van der Waals surface area contributed by atoms with E-state index in [1.807, 2.05) is 19.1 Å². The van der Waals surface area contributed by atoms with Crippen LogP contribution in [0.4, 0.5) is 0 Å². The highest BCUT2D eigenvalue weighted by molar-refractivity contribution is 5.90. The average Bonchev–Trinajstić information content (AvgIpc) is 3.45. The minimum Gasteiger partial charge on any atom is -0.464 e. The lowest BCUT2D eigenvalue weighted by Gasteiger charge is -2.40. The number of carbonyl (C=O) groups excluding carboxylic acids is 2. The molecular formula is C22H33N3O4. The molecule has 1 N–H and O–H groups in total. The van der Waals surface area contributed by atoms with Crippen molar-refractivity contribution < 1.29 is 18.7 Å². The number of hydrogen-bond donors (Lipinski definition) is 1. The van der Waals surface area contributed by atoms with Crippen LogP contribution in [-0.4, -0.2) is 67.0 Å². The van der Waals surface area contributed by atoms with Gasteiger partial charge < -0.3 is 24.3 Å². The Balaban J connectivity index is 1.38. The molecule has 2 amide bonds. The van der Waals surface area contributed by atoms with Gasteiger partial charge in [-0.2, -0.15) is 0 Å². The number of nitrogens with one attached hydrogen (secondary N) is 1. The van der Waals surface area contributed by atoms with Crippen LogP contribution >= 0.6 is 0 Å². The summed E-state index contributed by atoms with van der Waals surface area (Å²) in [5.41, 5.74) is 0.0732. The minimum absolute atomic E-state index is 0.0250. The first kappa shape index (κ1) is 20.4. The first-order valence-corrected chi connectivity index (χ1v) is 11.0. The van der Waals surface area contributed by atoms with Crippen molar-refractivity contribution >= 4 is 11.8 Å². The Morgan fingerprint density at radius 2 is 2.00 bits per heavy atom. The SMILES string of the molecule is Cc1ccc(CN2C(=O)CCC2C(=O)NCC2(CN3CCCC3)CCOCC2)o1. The van der Waals surface area contributed by atoms with E-state index in [2.05, 4.69) is 10.2 Å².